The maximum absolute atomic E-state index is 11.6. The molecule has 1 saturated carbocycles. The minimum Gasteiger partial charge on any atom is -0.481 e. The Balaban J connectivity index is 1.86. The Morgan fingerprint density at radius 1 is 1.50 bits per heavy atom. The van der Waals surface area contributed by atoms with Crippen LogP contribution in [0.3, 0.4) is 0 Å². The monoisotopic (exact) mass is 225 g/mol. The highest BCUT2D eigenvalue weighted by atomic mass is 16.4. The van der Waals surface area contributed by atoms with Gasteiger partial charge in [-0.1, -0.05) is 13.3 Å². The number of hydrogen-bond donors (Lipinski definition) is 1. The zero-order valence-corrected chi connectivity index (χ0v) is 9.69. The fourth-order valence-electron chi connectivity index (χ4n) is 2.92. The quantitative estimate of drug-likeness (QED) is 0.789. The van der Waals surface area contributed by atoms with Crippen molar-refractivity contribution in [1.29, 1.82) is 0 Å². The third-order valence-electron chi connectivity index (χ3n) is 3.85. The molecule has 2 fully saturated rings. The van der Waals surface area contributed by atoms with Gasteiger partial charge in [0.05, 0.1) is 5.92 Å². The molecule has 0 aromatic carbocycles. The van der Waals surface area contributed by atoms with Crippen molar-refractivity contribution < 1.29 is 14.7 Å². The van der Waals surface area contributed by atoms with E-state index in [9.17, 15) is 9.59 Å². The number of rotatable bonds is 3. The number of amides is 1. The predicted octanol–water partition coefficient (Wildman–Crippen LogP) is 1.36. The van der Waals surface area contributed by atoms with E-state index in [-0.39, 0.29) is 12.3 Å². The van der Waals surface area contributed by atoms with Gasteiger partial charge in [0, 0.05) is 19.5 Å². The first-order valence-corrected chi connectivity index (χ1v) is 6.07. The summed E-state index contributed by atoms with van der Waals surface area (Å²) in [6.45, 7) is 3.43. The second-order valence-electron chi connectivity index (χ2n) is 5.32. The number of carbonyl (C=O) groups excluding carboxylic acids is 1. The zero-order chi connectivity index (χ0) is 11.7. The van der Waals surface area contributed by atoms with Crippen LogP contribution in [0.4, 0.5) is 0 Å². The first kappa shape index (κ1) is 11.4. The molecule has 0 bridgehead atoms. The summed E-state index contributed by atoms with van der Waals surface area (Å²) in [6, 6.07) is 0. The fourth-order valence-corrected chi connectivity index (χ4v) is 2.92. The Bertz CT molecular complexity index is 303. The van der Waals surface area contributed by atoms with Crippen LogP contribution in [0.15, 0.2) is 0 Å². The Morgan fingerprint density at radius 2 is 2.25 bits per heavy atom. The first-order valence-electron chi connectivity index (χ1n) is 6.07. The molecule has 1 heterocycles. The first-order chi connectivity index (χ1) is 7.56. The molecule has 1 saturated heterocycles. The SMILES string of the molecule is CC1CCC(CN2CC(C(=O)O)CC2=O)C1. The molecule has 1 aliphatic carbocycles. The van der Waals surface area contributed by atoms with Crippen molar-refractivity contribution in [2.24, 2.45) is 17.8 Å². The second-order valence-corrected chi connectivity index (χ2v) is 5.32. The molecular formula is C12H19NO3. The molecule has 0 aromatic heterocycles. The number of hydrogen-bond acceptors (Lipinski definition) is 2. The lowest BCUT2D eigenvalue weighted by Gasteiger charge is -2.20. The minimum atomic E-state index is -0.837. The molecule has 0 aromatic rings. The highest BCUT2D eigenvalue weighted by Gasteiger charge is 2.36. The number of carboxylic acids is 1. The third kappa shape index (κ3) is 2.36. The van der Waals surface area contributed by atoms with Crippen molar-refractivity contribution in [3.8, 4) is 0 Å². The normalized spacial score (nSPS) is 34.7. The largest absolute Gasteiger partial charge is 0.481 e. The third-order valence-corrected chi connectivity index (χ3v) is 3.85. The molecule has 2 aliphatic rings. The van der Waals surface area contributed by atoms with E-state index in [1.54, 1.807) is 4.90 Å². The molecule has 1 amide bonds. The van der Waals surface area contributed by atoms with Gasteiger partial charge in [-0.15, -0.1) is 0 Å². The van der Waals surface area contributed by atoms with Gasteiger partial charge >= 0.3 is 5.97 Å². The van der Waals surface area contributed by atoms with E-state index in [1.165, 1.54) is 19.3 Å². The maximum Gasteiger partial charge on any atom is 0.308 e. The standard InChI is InChI=1S/C12H19NO3/c1-8-2-3-9(4-8)6-13-7-10(12(15)16)5-11(13)14/h8-10H,2-7H2,1H3,(H,15,16). The van der Waals surface area contributed by atoms with E-state index in [4.69, 9.17) is 5.11 Å². The topological polar surface area (TPSA) is 57.6 Å². The van der Waals surface area contributed by atoms with Crippen molar-refractivity contribution in [3.05, 3.63) is 0 Å². The summed E-state index contributed by atoms with van der Waals surface area (Å²) in [7, 11) is 0. The van der Waals surface area contributed by atoms with Gasteiger partial charge in [-0.3, -0.25) is 9.59 Å². The van der Waals surface area contributed by atoms with E-state index in [0.29, 0.717) is 12.5 Å². The summed E-state index contributed by atoms with van der Waals surface area (Å²) in [4.78, 5) is 24.2. The second kappa shape index (κ2) is 4.44. The Morgan fingerprint density at radius 3 is 2.75 bits per heavy atom. The van der Waals surface area contributed by atoms with Crippen LogP contribution in [0.5, 0.6) is 0 Å². The molecule has 3 unspecified atom stereocenters. The summed E-state index contributed by atoms with van der Waals surface area (Å²) in [5, 5.41) is 8.87. The Labute approximate surface area is 95.6 Å². The van der Waals surface area contributed by atoms with Gasteiger partial charge < -0.3 is 10.0 Å². The van der Waals surface area contributed by atoms with Crippen molar-refractivity contribution in [2.75, 3.05) is 13.1 Å². The van der Waals surface area contributed by atoms with Gasteiger partial charge in [-0.2, -0.15) is 0 Å². The molecule has 0 radical (unpaired) electrons. The number of aliphatic carboxylic acids is 1. The van der Waals surface area contributed by atoms with Crippen LogP contribution in [-0.4, -0.2) is 35.0 Å². The summed E-state index contributed by atoms with van der Waals surface area (Å²) < 4.78 is 0. The fraction of sp³-hybridized carbons (Fsp3) is 0.833. The number of carbonyl (C=O) groups is 2. The van der Waals surface area contributed by atoms with Crippen molar-refractivity contribution in [3.63, 3.8) is 0 Å². The molecule has 3 atom stereocenters. The van der Waals surface area contributed by atoms with Crippen LogP contribution in [-0.2, 0) is 9.59 Å². The number of likely N-dealkylation sites (tertiary alicyclic amines) is 1. The summed E-state index contributed by atoms with van der Waals surface area (Å²) in [5.41, 5.74) is 0. The predicted molar refractivity (Wildman–Crippen MR) is 58.8 cm³/mol. The Hall–Kier alpha value is -1.06. The Kier molecular flexibility index (Phi) is 3.17. The molecule has 90 valence electrons. The lowest BCUT2D eigenvalue weighted by Crippen LogP contribution is -2.31. The summed E-state index contributed by atoms with van der Waals surface area (Å²) in [6.07, 6.45) is 3.80. The van der Waals surface area contributed by atoms with Gasteiger partial charge in [0.15, 0.2) is 0 Å². The number of nitrogens with zero attached hydrogens (tertiary/aromatic N) is 1. The van der Waals surface area contributed by atoms with E-state index < -0.39 is 11.9 Å². The highest BCUT2D eigenvalue weighted by Crippen LogP contribution is 2.32. The zero-order valence-electron chi connectivity index (χ0n) is 9.69. The molecule has 16 heavy (non-hydrogen) atoms. The lowest BCUT2D eigenvalue weighted by atomic mass is 10.1. The summed E-state index contributed by atoms with van der Waals surface area (Å²) >= 11 is 0. The van der Waals surface area contributed by atoms with Crippen molar-refractivity contribution in [2.45, 2.75) is 32.6 Å². The number of carboxylic acid groups (broad SMARTS) is 1. The van der Waals surface area contributed by atoms with E-state index in [1.807, 2.05) is 0 Å². The summed E-state index contributed by atoms with van der Waals surface area (Å²) in [5.74, 6) is 0.0541. The highest BCUT2D eigenvalue weighted by molar-refractivity contribution is 5.86. The molecular weight excluding hydrogens is 206 g/mol. The molecule has 2 rings (SSSR count). The van der Waals surface area contributed by atoms with Gasteiger partial charge in [-0.25, -0.2) is 0 Å². The molecule has 4 heteroatoms. The van der Waals surface area contributed by atoms with Crippen molar-refractivity contribution in [1.82, 2.24) is 4.90 Å². The van der Waals surface area contributed by atoms with E-state index in [2.05, 4.69) is 6.92 Å². The average molecular weight is 225 g/mol. The molecule has 1 aliphatic heterocycles. The van der Waals surface area contributed by atoms with E-state index >= 15 is 0 Å². The van der Waals surface area contributed by atoms with Gasteiger partial charge in [-0.05, 0) is 24.7 Å². The van der Waals surface area contributed by atoms with Crippen LogP contribution >= 0.6 is 0 Å². The average Bonchev–Trinajstić information content (AvgIpc) is 2.75. The van der Waals surface area contributed by atoms with Gasteiger partial charge in [0.1, 0.15) is 0 Å². The van der Waals surface area contributed by atoms with Crippen molar-refractivity contribution >= 4 is 11.9 Å². The van der Waals surface area contributed by atoms with E-state index in [0.717, 1.165) is 12.5 Å². The van der Waals surface area contributed by atoms with Gasteiger partial charge in [0.2, 0.25) is 5.91 Å². The van der Waals surface area contributed by atoms with Crippen LogP contribution in [0.2, 0.25) is 0 Å². The van der Waals surface area contributed by atoms with Crippen LogP contribution in [0.25, 0.3) is 0 Å². The van der Waals surface area contributed by atoms with Gasteiger partial charge in [0.25, 0.3) is 0 Å². The van der Waals surface area contributed by atoms with Crippen LogP contribution in [0, 0.1) is 17.8 Å². The minimum absolute atomic E-state index is 0.0203. The molecule has 1 N–H and O–H groups in total. The molecule has 4 nitrogen and oxygen atoms in total. The van der Waals surface area contributed by atoms with Crippen LogP contribution in [0.1, 0.15) is 32.6 Å². The maximum atomic E-state index is 11.6. The molecule has 0 spiro atoms. The lowest BCUT2D eigenvalue weighted by molar-refractivity contribution is -0.141. The van der Waals surface area contributed by atoms with Crippen LogP contribution < -0.4 is 0 Å². The smallest absolute Gasteiger partial charge is 0.308 e.